The molecule has 0 saturated heterocycles. The molecule has 0 fully saturated rings. The number of hydrogen-bond donors (Lipinski definition) is 1. The molecule has 0 aliphatic rings. The van der Waals surface area contributed by atoms with Gasteiger partial charge in [0.15, 0.2) is 0 Å². The van der Waals surface area contributed by atoms with Crippen molar-refractivity contribution in [2.75, 3.05) is 14.1 Å². The Bertz CT molecular complexity index is 348. The van der Waals surface area contributed by atoms with Gasteiger partial charge >= 0.3 is 0 Å². The zero-order valence-corrected chi connectivity index (χ0v) is 10.7. The molecule has 0 bridgehead atoms. The second-order valence-corrected chi connectivity index (χ2v) is 5.01. The number of nitrogens with two attached hydrogens (primary N) is 1. The summed E-state index contributed by atoms with van der Waals surface area (Å²) in [5.41, 5.74) is 6.74. The molecule has 4 heteroatoms. The van der Waals surface area contributed by atoms with Crippen molar-refractivity contribution in [3.05, 3.63) is 33.8 Å². The predicted octanol–water partition coefficient (Wildman–Crippen LogP) is 2.77. The van der Waals surface area contributed by atoms with Crippen LogP contribution in [0.15, 0.2) is 18.2 Å². The lowest BCUT2D eigenvalue weighted by Gasteiger charge is -2.32. The summed E-state index contributed by atoms with van der Waals surface area (Å²) in [6.07, 6.45) is 0.690. The van der Waals surface area contributed by atoms with Gasteiger partial charge in [0.1, 0.15) is 0 Å². The summed E-state index contributed by atoms with van der Waals surface area (Å²) in [6.45, 7) is 1.97. The van der Waals surface area contributed by atoms with Gasteiger partial charge in [-0.3, -0.25) is 4.90 Å². The molecule has 15 heavy (non-hydrogen) atoms. The van der Waals surface area contributed by atoms with Gasteiger partial charge in [-0.1, -0.05) is 29.3 Å². The first-order chi connectivity index (χ1) is 6.83. The third-order valence-corrected chi connectivity index (χ3v) is 3.17. The van der Waals surface area contributed by atoms with E-state index < -0.39 is 5.66 Å². The summed E-state index contributed by atoms with van der Waals surface area (Å²) in [5, 5.41) is 1.31. The van der Waals surface area contributed by atoms with Gasteiger partial charge in [0.25, 0.3) is 0 Å². The topological polar surface area (TPSA) is 29.3 Å². The van der Waals surface area contributed by atoms with E-state index in [2.05, 4.69) is 0 Å². The molecule has 0 saturated carbocycles. The monoisotopic (exact) mass is 246 g/mol. The van der Waals surface area contributed by atoms with Gasteiger partial charge in [0.05, 0.1) is 5.66 Å². The molecule has 2 N–H and O–H groups in total. The SMILES string of the molecule is CN(C)C(C)(N)Cc1ccc(Cl)cc1Cl. The fraction of sp³-hybridized carbons (Fsp3) is 0.455. The Morgan fingerprint density at radius 1 is 1.33 bits per heavy atom. The Labute approximate surface area is 101 Å². The highest BCUT2D eigenvalue weighted by Crippen LogP contribution is 2.24. The third kappa shape index (κ3) is 3.35. The lowest BCUT2D eigenvalue weighted by Crippen LogP contribution is -2.51. The van der Waals surface area contributed by atoms with E-state index >= 15 is 0 Å². The van der Waals surface area contributed by atoms with E-state index in [4.69, 9.17) is 28.9 Å². The fourth-order valence-electron chi connectivity index (χ4n) is 1.21. The van der Waals surface area contributed by atoms with Crippen LogP contribution in [0.4, 0.5) is 0 Å². The van der Waals surface area contributed by atoms with E-state index in [1.165, 1.54) is 0 Å². The Hall–Kier alpha value is -0.280. The zero-order valence-electron chi connectivity index (χ0n) is 9.22. The maximum atomic E-state index is 6.13. The van der Waals surface area contributed by atoms with E-state index in [0.717, 1.165) is 5.56 Å². The molecule has 1 aromatic carbocycles. The van der Waals surface area contributed by atoms with E-state index in [1.807, 2.05) is 38.1 Å². The quantitative estimate of drug-likeness (QED) is 0.832. The largest absolute Gasteiger partial charge is 0.313 e. The Morgan fingerprint density at radius 3 is 2.40 bits per heavy atom. The van der Waals surface area contributed by atoms with Crippen LogP contribution in [0.3, 0.4) is 0 Å². The Balaban J connectivity index is 2.90. The molecule has 0 amide bonds. The average Bonchev–Trinajstić information content (AvgIpc) is 2.09. The summed E-state index contributed by atoms with van der Waals surface area (Å²) >= 11 is 11.9. The standard InChI is InChI=1S/C11H16Cl2N2/c1-11(14,15(2)3)7-8-4-5-9(12)6-10(8)13/h4-6H,7,14H2,1-3H3. The number of hydrogen-bond acceptors (Lipinski definition) is 2. The van der Waals surface area contributed by atoms with E-state index in [-0.39, 0.29) is 0 Å². The lowest BCUT2D eigenvalue weighted by atomic mass is 10.0. The molecule has 1 unspecified atom stereocenters. The molecule has 0 aliphatic heterocycles. The first-order valence-corrected chi connectivity index (χ1v) is 5.49. The molecule has 1 aromatic rings. The molecule has 1 atom stereocenters. The Morgan fingerprint density at radius 2 is 1.93 bits per heavy atom. The van der Waals surface area contributed by atoms with Crippen LogP contribution in [0.25, 0.3) is 0 Å². The van der Waals surface area contributed by atoms with Crippen LogP contribution in [0.5, 0.6) is 0 Å². The van der Waals surface area contributed by atoms with Crippen molar-refractivity contribution in [3.63, 3.8) is 0 Å². The fourth-order valence-corrected chi connectivity index (χ4v) is 1.68. The number of likely N-dealkylation sites (N-methyl/N-ethyl adjacent to an activating group) is 1. The number of benzene rings is 1. The Kier molecular flexibility index (Phi) is 4.01. The number of nitrogens with zero attached hydrogens (tertiary/aromatic N) is 1. The van der Waals surface area contributed by atoms with Crippen molar-refractivity contribution in [3.8, 4) is 0 Å². The number of rotatable bonds is 3. The minimum atomic E-state index is -0.405. The van der Waals surface area contributed by atoms with Gasteiger partial charge in [-0.15, -0.1) is 0 Å². The highest BCUT2D eigenvalue weighted by atomic mass is 35.5. The van der Waals surface area contributed by atoms with Crippen molar-refractivity contribution in [1.29, 1.82) is 0 Å². The molecule has 2 nitrogen and oxygen atoms in total. The molecule has 0 heterocycles. The summed E-state index contributed by atoms with van der Waals surface area (Å²) < 4.78 is 0. The van der Waals surface area contributed by atoms with Crippen LogP contribution in [-0.4, -0.2) is 24.7 Å². The molecule has 0 radical (unpaired) electrons. The minimum Gasteiger partial charge on any atom is -0.313 e. The second-order valence-electron chi connectivity index (χ2n) is 4.16. The van der Waals surface area contributed by atoms with Crippen LogP contribution >= 0.6 is 23.2 Å². The maximum Gasteiger partial charge on any atom is 0.0695 e. The third-order valence-electron chi connectivity index (χ3n) is 2.59. The van der Waals surface area contributed by atoms with E-state index in [0.29, 0.717) is 16.5 Å². The van der Waals surface area contributed by atoms with Crippen LogP contribution in [0.2, 0.25) is 10.0 Å². The van der Waals surface area contributed by atoms with Crippen molar-refractivity contribution < 1.29 is 0 Å². The van der Waals surface area contributed by atoms with Crippen molar-refractivity contribution in [2.45, 2.75) is 19.0 Å². The van der Waals surface area contributed by atoms with Crippen molar-refractivity contribution >= 4 is 23.2 Å². The minimum absolute atomic E-state index is 0.405. The van der Waals surface area contributed by atoms with Gasteiger partial charge < -0.3 is 5.73 Å². The molecule has 0 spiro atoms. The van der Waals surface area contributed by atoms with Crippen LogP contribution in [0, 0.1) is 0 Å². The molecular formula is C11H16Cl2N2. The highest BCUT2D eigenvalue weighted by Gasteiger charge is 2.22. The molecule has 1 rings (SSSR count). The number of halogens is 2. The highest BCUT2D eigenvalue weighted by molar-refractivity contribution is 6.35. The second kappa shape index (κ2) is 4.71. The summed E-state index contributed by atoms with van der Waals surface area (Å²) in [7, 11) is 3.90. The van der Waals surface area contributed by atoms with E-state index in [1.54, 1.807) is 6.07 Å². The summed E-state index contributed by atoms with van der Waals surface area (Å²) in [4.78, 5) is 1.97. The van der Waals surface area contributed by atoms with Crippen molar-refractivity contribution in [1.82, 2.24) is 4.90 Å². The van der Waals surface area contributed by atoms with Crippen LogP contribution in [0.1, 0.15) is 12.5 Å². The lowest BCUT2D eigenvalue weighted by molar-refractivity contribution is 0.180. The molecular weight excluding hydrogens is 231 g/mol. The zero-order chi connectivity index (χ0) is 11.6. The van der Waals surface area contributed by atoms with Crippen LogP contribution in [-0.2, 0) is 6.42 Å². The molecule has 84 valence electrons. The van der Waals surface area contributed by atoms with Gasteiger partial charge in [0.2, 0.25) is 0 Å². The predicted molar refractivity (Wildman–Crippen MR) is 66.4 cm³/mol. The smallest absolute Gasteiger partial charge is 0.0695 e. The maximum absolute atomic E-state index is 6.13. The first-order valence-electron chi connectivity index (χ1n) is 4.73. The van der Waals surface area contributed by atoms with E-state index in [9.17, 15) is 0 Å². The average molecular weight is 247 g/mol. The first kappa shape index (κ1) is 12.8. The summed E-state index contributed by atoms with van der Waals surface area (Å²) in [5.74, 6) is 0. The molecule has 0 aliphatic carbocycles. The summed E-state index contributed by atoms with van der Waals surface area (Å²) in [6, 6.07) is 5.48. The van der Waals surface area contributed by atoms with Gasteiger partial charge in [-0.25, -0.2) is 0 Å². The van der Waals surface area contributed by atoms with Crippen molar-refractivity contribution in [2.24, 2.45) is 5.73 Å². The van der Waals surface area contributed by atoms with Crippen LogP contribution < -0.4 is 5.73 Å². The molecule has 0 aromatic heterocycles. The normalized spacial score (nSPS) is 15.4. The van der Waals surface area contributed by atoms with Gasteiger partial charge in [-0.2, -0.15) is 0 Å². The van der Waals surface area contributed by atoms with Gasteiger partial charge in [-0.05, 0) is 38.7 Å². The van der Waals surface area contributed by atoms with Gasteiger partial charge in [0, 0.05) is 16.5 Å².